The Kier molecular flexibility index (Phi) is 8.38. The number of carbonyl (C=O) groups is 3. The molecule has 176 valence electrons. The van der Waals surface area contributed by atoms with Gasteiger partial charge in [-0.15, -0.1) is 0 Å². The molecule has 0 saturated carbocycles. The van der Waals surface area contributed by atoms with Crippen LogP contribution in [0, 0.1) is 11.3 Å². The van der Waals surface area contributed by atoms with Crippen molar-refractivity contribution < 1.29 is 29.0 Å². The van der Waals surface area contributed by atoms with Gasteiger partial charge in [-0.25, -0.2) is 9.59 Å². The number of carboxylic acids is 1. The lowest BCUT2D eigenvalue weighted by molar-refractivity contribution is -0.112. The van der Waals surface area contributed by atoms with Gasteiger partial charge >= 0.3 is 11.9 Å². The lowest BCUT2D eigenvalue weighted by Crippen LogP contribution is -2.13. The lowest BCUT2D eigenvalue weighted by atomic mass is 10.1. The number of amides is 1. The first kappa shape index (κ1) is 25.2. The fourth-order valence-corrected chi connectivity index (χ4v) is 3.46. The zero-order valence-electron chi connectivity index (χ0n) is 18.4. The van der Waals surface area contributed by atoms with Gasteiger partial charge in [0.1, 0.15) is 24.0 Å². The van der Waals surface area contributed by atoms with E-state index in [2.05, 4.69) is 26.0 Å². The Morgan fingerprint density at radius 1 is 1.03 bits per heavy atom. The van der Waals surface area contributed by atoms with Gasteiger partial charge in [-0.3, -0.25) is 4.79 Å². The van der Waals surface area contributed by atoms with Crippen LogP contribution in [0.3, 0.4) is 0 Å². The van der Waals surface area contributed by atoms with Crippen molar-refractivity contribution in [2.45, 2.75) is 6.61 Å². The van der Waals surface area contributed by atoms with E-state index in [1.807, 2.05) is 6.07 Å². The largest absolute Gasteiger partial charge is 0.488 e. The van der Waals surface area contributed by atoms with Crippen molar-refractivity contribution in [3.05, 3.63) is 99.0 Å². The number of nitriles is 1. The molecule has 3 rings (SSSR count). The van der Waals surface area contributed by atoms with E-state index < -0.39 is 17.8 Å². The van der Waals surface area contributed by atoms with Crippen LogP contribution in [0.1, 0.15) is 31.8 Å². The Bertz CT molecular complexity index is 1330. The number of carboxylic acid groups (broad SMARTS) is 1. The van der Waals surface area contributed by atoms with E-state index in [9.17, 15) is 19.6 Å². The minimum absolute atomic E-state index is 0.110. The van der Waals surface area contributed by atoms with Crippen molar-refractivity contribution >= 4 is 45.5 Å². The van der Waals surface area contributed by atoms with E-state index in [1.54, 1.807) is 30.3 Å². The SMILES string of the molecule is COC(=O)c1ccc(NC(=O)/C(C#N)=C/c2ccc(OCc3ccc(C(=O)O)cc3)c(Br)c2)cc1. The standard InChI is InChI=1S/C26H19BrN2O6/c1-34-26(33)19-7-9-21(10-8-19)29-24(30)20(14-28)12-17-4-11-23(22(27)13-17)35-15-16-2-5-18(6-3-16)25(31)32/h2-13H,15H2,1H3,(H,29,30)(H,31,32)/b20-12+. The summed E-state index contributed by atoms with van der Waals surface area (Å²) in [5.41, 5.74) is 2.25. The number of hydrogen-bond acceptors (Lipinski definition) is 6. The van der Waals surface area contributed by atoms with E-state index in [1.165, 1.54) is 49.6 Å². The zero-order valence-corrected chi connectivity index (χ0v) is 20.0. The Hall–Kier alpha value is -4.42. The van der Waals surface area contributed by atoms with Crippen molar-refractivity contribution in [3.8, 4) is 11.8 Å². The molecular weight excluding hydrogens is 516 g/mol. The number of hydrogen-bond donors (Lipinski definition) is 2. The van der Waals surface area contributed by atoms with Crippen molar-refractivity contribution in [2.75, 3.05) is 12.4 Å². The molecule has 3 aromatic carbocycles. The molecule has 35 heavy (non-hydrogen) atoms. The number of rotatable bonds is 8. The minimum Gasteiger partial charge on any atom is -0.488 e. The molecule has 0 spiro atoms. The molecule has 0 unspecified atom stereocenters. The summed E-state index contributed by atoms with van der Waals surface area (Å²) in [6.07, 6.45) is 1.44. The highest BCUT2D eigenvalue weighted by Crippen LogP contribution is 2.28. The number of benzene rings is 3. The predicted octanol–water partition coefficient (Wildman–Crippen LogP) is 5.06. The summed E-state index contributed by atoms with van der Waals surface area (Å²) in [6.45, 7) is 0.230. The Labute approximate surface area is 209 Å². The van der Waals surface area contributed by atoms with Gasteiger partial charge in [0.25, 0.3) is 5.91 Å². The number of methoxy groups -OCH3 is 1. The van der Waals surface area contributed by atoms with Gasteiger partial charge in [-0.1, -0.05) is 18.2 Å². The van der Waals surface area contributed by atoms with Gasteiger partial charge in [-0.05, 0) is 81.7 Å². The molecule has 0 fully saturated rings. The predicted molar refractivity (Wildman–Crippen MR) is 132 cm³/mol. The smallest absolute Gasteiger partial charge is 0.337 e. The molecular formula is C26H19BrN2O6. The number of anilines is 1. The van der Waals surface area contributed by atoms with E-state index >= 15 is 0 Å². The molecule has 0 aromatic heterocycles. The molecule has 2 N–H and O–H groups in total. The van der Waals surface area contributed by atoms with Gasteiger partial charge in [0.05, 0.1) is 22.7 Å². The van der Waals surface area contributed by atoms with E-state index in [0.29, 0.717) is 27.0 Å². The number of aromatic carboxylic acids is 1. The van der Waals surface area contributed by atoms with Crippen LogP contribution in [-0.2, 0) is 16.1 Å². The topological polar surface area (TPSA) is 126 Å². The molecule has 0 aliphatic heterocycles. The molecule has 0 atom stereocenters. The third-order valence-corrected chi connectivity index (χ3v) is 5.41. The normalized spacial score (nSPS) is 10.7. The summed E-state index contributed by atoms with van der Waals surface area (Å²) < 4.78 is 11.0. The highest BCUT2D eigenvalue weighted by Gasteiger charge is 2.12. The maximum absolute atomic E-state index is 12.5. The maximum Gasteiger partial charge on any atom is 0.337 e. The highest BCUT2D eigenvalue weighted by molar-refractivity contribution is 9.10. The number of carbonyl (C=O) groups excluding carboxylic acids is 2. The van der Waals surface area contributed by atoms with E-state index in [0.717, 1.165) is 5.56 Å². The number of nitrogens with zero attached hydrogens (tertiary/aromatic N) is 1. The molecule has 8 nitrogen and oxygen atoms in total. The second kappa shape index (κ2) is 11.6. The maximum atomic E-state index is 12.5. The van der Waals surface area contributed by atoms with Crippen LogP contribution in [0.25, 0.3) is 6.08 Å². The van der Waals surface area contributed by atoms with Crippen molar-refractivity contribution in [3.63, 3.8) is 0 Å². The van der Waals surface area contributed by atoms with Crippen molar-refractivity contribution in [1.29, 1.82) is 5.26 Å². The molecule has 0 bridgehead atoms. The van der Waals surface area contributed by atoms with Crippen LogP contribution in [0.2, 0.25) is 0 Å². The van der Waals surface area contributed by atoms with Crippen LogP contribution in [0.5, 0.6) is 5.75 Å². The lowest BCUT2D eigenvalue weighted by Gasteiger charge is -2.10. The summed E-state index contributed by atoms with van der Waals surface area (Å²) >= 11 is 3.43. The van der Waals surface area contributed by atoms with Crippen LogP contribution >= 0.6 is 15.9 Å². The molecule has 0 heterocycles. The second-order valence-electron chi connectivity index (χ2n) is 7.17. The quantitative estimate of drug-likeness (QED) is 0.235. The number of ether oxygens (including phenoxy) is 2. The van der Waals surface area contributed by atoms with Crippen LogP contribution in [0.4, 0.5) is 5.69 Å². The first-order valence-corrected chi connectivity index (χ1v) is 11.0. The Morgan fingerprint density at radius 3 is 2.26 bits per heavy atom. The number of nitrogens with one attached hydrogen (secondary N) is 1. The monoisotopic (exact) mass is 534 g/mol. The van der Waals surface area contributed by atoms with Gasteiger partial charge in [0, 0.05) is 5.69 Å². The van der Waals surface area contributed by atoms with Crippen LogP contribution in [0.15, 0.2) is 76.8 Å². The fraction of sp³-hybridized carbons (Fsp3) is 0.0769. The molecule has 0 aliphatic rings. The van der Waals surface area contributed by atoms with Crippen molar-refractivity contribution in [2.24, 2.45) is 0 Å². The minimum atomic E-state index is -0.995. The van der Waals surface area contributed by atoms with Gasteiger partial charge in [0.2, 0.25) is 0 Å². The van der Waals surface area contributed by atoms with Crippen LogP contribution in [-0.4, -0.2) is 30.1 Å². The van der Waals surface area contributed by atoms with Gasteiger partial charge in [-0.2, -0.15) is 5.26 Å². The summed E-state index contributed by atoms with van der Waals surface area (Å²) in [5, 5.41) is 21.0. The Morgan fingerprint density at radius 2 is 1.69 bits per heavy atom. The fourth-order valence-electron chi connectivity index (χ4n) is 2.95. The second-order valence-corrected chi connectivity index (χ2v) is 8.03. The summed E-state index contributed by atoms with van der Waals surface area (Å²) in [7, 11) is 1.28. The number of esters is 1. The van der Waals surface area contributed by atoms with E-state index in [-0.39, 0.29) is 17.7 Å². The highest BCUT2D eigenvalue weighted by atomic mass is 79.9. The summed E-state index contributed by atoms with van der Waals surface area (Å²) in [5.74, 6) is -1.54. The van der Waals surface area contributed by atoms with Gasteiger partial charge < -0.3 is 19.9 Å². The van der Waals surface area contributed by atoms with Gasteiger partial charge in [0.15, 0.2) is 0 Å². The molecule has 0 aliphatic carbocycles. The average Bonchev–Trinajstić information content (AvgIpc) is 2.86. The third-order valence-electron chi connectivity index (χ3n) is 4.79. The van der Waals surface area contributed by atoms with Crippen LogP contribution < -0.4 is 10.1 Å². The first-order valence-electron chi connectivity index (χ1n) is 10.2. The number of halogens is 1. The Balaban J connectivity index is 1.66. The molecule has 0 saturated heterocycles. The third kappa shape index (κ3) is 6.79. The first-order chi connectivity index (χ1) is 16.8. The summed E-state index contributed by atoms with van der Waals surface area (Å²) in [6, 6.07) is 19.4. The average molecular weight is 535 g/mol. The molecule has 0 radical (unpaired) electrons. The summed E-state index contributed by atoms with van der Waals surface area (Å²) in [4.78, 5) is 35.0. The van der Waals surface area contributed by atoms with E-state index in [4.69, 9.17) is 9.84 Å². The molecule has 1 amide bonds. The zero-order chi connectivity index (χ0) is 25.4. The molecule has 3 aromatic rings. The molecule has 9 heteroatoms. The van der Waals surface area contributed by atoms with Crippen molar-refractivity contribution in [1.82, 2.24) is 0 Å².